The van der Waals surface area contributed by atoms with Crippen LogP contribution in [0, 0.1) is 13.8 Å². The number of benzene rings is 2. The number of nitrogens with zero attached hydrogens (tertiary/aromatic N) is 1. The van der Waals surface area contributed by atoms with Gasteiger partial charge in [0, 0.05) is 18.0 Å². The SMILES string of the molecule is COc1ccc(S(=O)(=O)N2CCCCC2)cc1NC(=O)CSc1ccc(C)c(C)c1. The van der Waals surface area contributed by atoms with Crippen molar-refractivity contribution in [3.8, 4) is 5.75 Å². The maximum atomic E-state index is 13.0. The predicted molar refractivity (Wildman–Crippen MR) is 121 cm³/mol. The molecule has 2 aromatic carbocycles. The lowest BCUT2D eigenvalue weighted by Gasteiger charge is -2.26. The Morgan fingerprint density at radius 2 is 1.80 bits per heavy atom. The molecule has 0 aromatic heterocycles. The predicted octanol–water partition coefficient (Wildman–Crippen LogP) is 4.22. The number of nitrogens with one attached hydrogen (secondary N) is 1. The fourth-order valence-electron chi connectivity index (χ4n) is 3.34. The summed E-state index contributed by atoms with van der Waals surface area (Å²) in [5.41, 5.74) is 2.75. The van der Waals surface area contributed by atoms with E-state index in [-0.39, 0.29) is 16.6 Å². The number of hydrogen-bond acceptors (Lipinski definition) is 5. The van der Waals surface area contributed by atoms with E-state index in [0.29, 0.717) is 24.5 Å². The summed E-state index contributed by atoms with van der Waals surface area (Å²) in [4.78, 5) is 13.7. The number of thioether (sulfide) groups is 1. The molecular formula is C22H28N2O4S2. The zero-order valence-electron chi connectivity index (χ0n) is 17.6. The van der Waals surface area contributed by atoms with Crippen molar-refractivity contribution in [3.63, 3.8) is 0 Å². The van der Waals surface area contributed by atoms with E-state index in [2.05, 4.69) is 11.4 Å². The number of sulfonamides is 1. The highest BCUT2D eigenvalue weighted by molar-refractivity contribution is 8.00. The van der Waals surface area contributed by atoms with Crippen molar-refractivity contribution in [3.05, 3.63) is 47.5 Å². The van der Waals surface area contributed by atoms with Gasteiger partial charge >= 0.3 is 0 Å². The van der Waals surface area contributed by atoms with Gasteiger partial charge in [-0.3, -0.25) is 4.79 Å². The van der Waals surface area contributed by atoms with Gasteiger partial charge in [0.25, 0.3) is 0 Å². The van der Waals surface area contributed by atoms with Gasteiger partial charge in [0.15, 0.2) is 0 Å². The normalized spacial score (nSPS) is 15.0. The van der Waals surface area contributed by atoms with Crippen LogP contribution >= 0.6 is 11.8 Å². The van der Waals surface area contributed by atoms with Crippen molar-refractivity contribution < 1.29 is 17.9 Å². The third kappa shape index (κ3) is 5.36. The zero-order valence-corrected chi connectivity index (χ0v) is 19.2. The van der Waals surface area contributed by atoms with Gasteiger partial charge in [0.1, 0.15) is 5.75 Å². The van der Waals surface area contributed by atoms with Gasteiger partial charge in [-0.15, -0.1) is 11.8 Å². The third-order valence-electron chi connectivity index (χ3n) is 5.25. The second-order valence-electron chi connectivity index (χ2n) is 7.41. The first kappa shape index (κ1) is 22.7. The number of ether oxygens (including phenoxy) is 1. The molecular weight excluding hydrogens is 420 g/mol. The molecule has 1 amide bonds. The largest absolute Gasteiger partial charge is 0.495 e. The Bertz CT molecular complexity index is 1020. The lowest BCUT2D eigenvalue weighted by Crippen LogP contribution is -2.35. The molecule has 0 atom stereocenters. The molecule has 0 bridgehead atoms. The second kappa shape index (κ2) is 9.85. The molecule has 0 unspecified atom stereocenters. The first-order valence-corrected chi connectivity index (χ1v) is 12.4. The van der Waals surface area contributed by atoms with Crippen molar-refractivity contribution in [2.24, 2.45) is 0 Å². The Morgan fingerprint density at radius 3 is 2.47 bits per heavy atom. The van der Waals surface area contributed by atoms with E-state index in [1.54, 1.807) is 6.07 Å². The highest BCUT2D eigenvalue weighted by atomic mass is 32.2. The Balaban J connectivity index is 1.73. The van der Waals surface area contributed by atoms with Crippen LogP contribution in [0.5, 0.6) is 5.75 Å². The van der Waals surface area contributed by atoms with Crippen molar-refractivity contribution in [1.29, 1.82) is 0 Å². The molecule has 0 spiro atoms. The minimum atomic E-state index is -3.59. The number of piperidine rings is 1. The molecule has 162 valence electrons. The van der Waals surface area contributed by atoms with Gasteiger partial charge in [-0.2, -0.15) is 4.31 Å². The van der Waals surface area contributed by atoms with Crippen LogP contribution in [0.4, 0.5) is 5.69 Å². The number of rotatable bonds is 7. The Labute approximate surface area is 183 Å². The van der Waals surface area contributed by atoms with E-state index in [1.807, 2.05) is 26.0 Å². The Morgan fingerprint density at radius 1 is 1.07 bits per heavy atom. The highest BCUT2D eigenvalue weighted by Gasteiger charge is 2.27. The van der Waals surface area contributed by atoms with Crippen LogP contribution in [0.3, 0.4) is 0 Å². The summed E-state index contributed by atoms with van der Waals surface area (Å²) in [6.07, 6.45) is 2.79. The van der Waals surface area contributed by atoms with Crippen LogP contribution in [0.15, 0.2) is 46.2 Å². The Kier molecular flexibility index (Phi) is 7.44. The summed E-state index contributed by atoms with van der Waals surface area (Å²) in [6.45, 7) is 5.15. The summed E-state index contributed by atoms with van der Waals surface area (Å²) >= 11 is 1.44. The number of aryl methyl sites for hydroxylation is 2. The van der Waals surface area contributed by atoms with E-state index in [4.69, 9.17) is 4.74 Å². The minimum Gasteiger partial charge on any atom is -0.495 e. The van der Waals surface area contributed by atoms with Crippen molar-refractivity contribution >= 4 is 33.4 Å². The first-order chi connectivity index (χ1) is 14.3. The number of hydrogen-bond donors (Lipinski definition) is 1. The van der Waals surface area contributed by atoms with Crippen LogP contribution < -0.4 is 10.1 Å². The fraction of sp³-hybridized carbons (Fsp3) is 0.409. The molecule has 0 radical (unpaired) electrons. The van der Waals surface area contributed by atoms with Gasteiger partial charge in [0.2, 0.25) is 15.9 Å². The van der Waals surface area contributed by atoms with Crippen LogP contribution in [-0.2, 0) is 14.8 Å². The summed E-state index contributed by atoms with van der Waals surface area (Å²) in [6, 6.07) is 10.7. The highest BCUT2D eigenvalue weighted by Crippen LogP contribution is 2.30. The molecule has 6 nitrogen and oxygen atoms in total. The average Bonchev–Trinajstić information content (AvgIpc) is 2.75. The molecule has 0 saturated carbocycles. The van der Waals surface area contributed by atoms with Gasteiger partial charge in [-0.25, -0.2) is 8.42 Å². The van der Waals surface area contributed by atoms with Crippen LogP contribution in [0.2, 0.25) is 0 Å². The molecule has 1 fully saturated rings. The van der Waals surface area contributed by atoms with E-state index < -0.39 is 10.0 Å². The number of amides is 1. The van der Waals surface area contributed by atoms with Gasteiger partial charge in [-0.05, 0) is 68.1 Å². The maximum Gasteiger partial charge on any atom is 0.243 e. The molecule has 1 heterocycles. The summed E-state index contributed by atoms with van der Waals surface area (Å²) < 4.78 is 32.8. The summed E-state index contributed by atoms with van der Waals surface area (Å²) in [5, 5.41) is 2.81. The zero-order chi connectivity index (χ0) is 21.7. The van der Waals surface area contributed by atoms with Gasteiger partial charge < -0.3 is 10.1 Å². The smallest absolute Gasteiger partial charge is 0.243 e. The molecule has 1 saturated heterocycles. The lowest BCUT2D eigenvalue weighted by atomic mass is 10.1. The molecule has 2 aromatic rings. The quantitative estimate of drug-likeness (QED) is 0.642. The monoisotopic (exact) mass is 448 g/mol. The van der Waals surface area contributed by atoms with Crippen LogP contribution in [0.1, 0.15) is 30.4 Å². The Hall–Kier alpha value is -2.03. The molecule has 1 N–H and O–H groups in total. The molecule has 1 aliphatic rings. The standard InChI is InChI=1S/C22H28N2O4S2/c1-16-7-8-18(13-17(16)2)29-15-22(25)23-20-14-19(9-10-21(20)28-3)30(26,27)24-11-5-4-6-12-24/h7-10,13-14H,4-6,11-12,15H2,1-3H3,(H,23,25). The summed E-state index contributed by atoms with van der Waals surface area (Å²) in [7, 11) is -2.09. The number of carbonyl (C=O) groups excluding carboxylic acids is 1. The number of carbonyl (C=O) groups is 1. The molecule has 1 aliphatic heterocycles. The summed E-state index contributed by atoms with van der Waals surface area (Å²) in [5.74, 6) is 0.426. The minimum absolute atomic E-state index is 0.169. The van der Waals surface area contributed by atoms with Gasteiger partial charge in [-0.1, -0.05) is 12.5 Å². The van der Waals surface area contributed by atoms with Crippen molar-refractivity contribution in [2.75, 3.05) is 31.3 Å². The number of anilines is 1. The van der Waals surface area contributed by atoms with E-state index in [0.717, 1.165) is 24.2 Å². The van der Waals surface area contributed by atoms with Crippen LogP contribution in [0.25, 0.3) is 0 Å². The van der Waals surface area contributed by atoms with Crippen molar-refractivity contribution in [1.82, 2.24) is 4.31 Å². The van der Waals surface area contributed by atoms with Crippen molar-refractivity contribution in [2.45, 2.75) is 42.9 Å². The lowest BCUT2D eigenvalue weighted by molar-refractivity contribution is -0.113. The fourth-order valence-corrected chi connectivity index (χ4v) is 5.68. The number of methoxy groups -OCH3 is 1. The second-order valence-corrected chi connectivity index (χ2v) is 10.4. The topological polar surface area (TPSA) is 75.7 Å². The first-order valence-electron chi connectivity index (χ1n) is 9.99. The average molecular weight is 449 g/mol. The molecule has 30 heavy (non-hydrogen) atoms. The van der Waals surface area contributed by atoms with E-state index in [9.17, 15) is 13.2 Å². The molecule has 8 heteroatoms. The van der Waals surface area contributed by atoms with Gasteiger partial charge in [0.05, 0.1) is 23.4 Å². The molecule has 0 aliphatic carbocycles. The third-order valence-corrected chi connectivity index (χ3v) is 8.13. The maximum absolute atomic E-state index is 13.0. The molecule has 3 rings (SSSR count). The van der Waals surface area contributed by atoms with E-state index >= 15 is 0 Å². The van der Waals surface area contributed by atoms with E-state index in [1.165, 1.54) is 46.4 Å². The van der Waals surface area contributed by atoms with Crippen LogP contribution in [-0.4, -0.2) is 44.6 Å².